The summed E-state index contributed by atoms with van der Waals surface area (Å²) in [6, 6.07) is 0. The van der Waals surface area contributed by atoms with E-state index in [4.69, 9.17) is 20.4 Å². The van der Waals surface area contributed by atoms with Crippen molar-refractivity contribution in [3.05, 3.63) is 0 Å². The van der Waals surface area contributed by atoms with Crippen molar-refractivity contribution in [3.8, 4) is 0 Å². The molecule has 0 aliphatic rings. The summed E-state index contributed by atoms with van der Waals surface area (Å²) in [4.78, 5) is 43.4. The quantitative estimate of drug-likeness (QED) is 0.209. The van der Waals surface area contributed by atoms with Gasteiger partial charge in [-0.15, -0.1) is 0 Å². The number of carbonyl (C=O) groups is 4. The number of hydroxylamine groups is 3. The topological polar surface area (TPSA) is 173 Å². The van der Waals surface area contributed by atoms with E-state index in [9.17, 15) is 24.4 Å². The van der Waals surface area contributed by atoms with E-state index in [1.807, 2.05) is 0 Å². The zero-order valence-corrected chi connectivity index (χ0v) is 11.0. The van der Waals surface area contributed by atoms with Gasteiger partial charge in [0.1, 0.15) is 6.54 Å². The number of quaternary nitrogens is 1. The van der Waals surface area contributed by atoms with Crippen LogP contribution < -0.4 is 0 Å². The maximum Gasteiger partial charge on any atom is 0.362 e. The number of hydrogen-bond donors (Lipinski definition) is 5. The minimum Gasteiger partial charge on any atom is -0.480 e. The van der Waals surface area contributed by atoms with E-state index >= 15 is 0 Å². The van der Waals surface area contributed by atoms with E-state index in [0.717, 1.165) is 4.90 Å². The standard InChI is InChI=1S/C10H16N2O9/c13-7(14)3-11(4-8(15)16)1-2-12(21,5-9(17)18)6-10(19)20/h21H,1-6H2,(H3-,13,14,15,16,17,18,19,20)/p+1. The van der Waals surface area contributed by atoms with Crippen molar-refractivity contribution < 1.29 is 49.5 Å². The van der Waals surface area contributed by atoms with Crippen LogP contribution in [-0.4, -0.2) is 98.3 Å². The second-order valence-corrected chi connectivity index (χ2v) is 4.42. The Kier molecular flexibility index (Phi) is 7.27. The highest BCUT2D eigenvalue weighted by atomic mass is 16.6. The molecule has 0 bridgehead atoms. The van der Waals surface area contributed by atoms with E-state index in [1.165, 1.54) is 0 Å². The van der Waals surface area contributed by atoms with Crippen LogP contribution in [0.1, 0.15) is 0 Å². The molecular weight excluding hydrogens is 292 g/mol. The van der Waals surface area contributed by atoms with Crippen LogP contribution in [0.3, 0.4) is 0 Å². The average Bonchev–Trinajstić information content (AvgIpc) is 2.21. The second kappa shape index (κ2) is 8.14. The predicted octanol–water partition coefficient (Wildman–Crippen LogP) is -2.17. The molecule has 0 saturated carbocycles. The summed E-state index contributed by atoms with van der Waals surface area (Å²) in [6.07, 6.45) is 0. The van der Waals surface area contributed by atoms with Gasteiger partial charge in [0, 0.05) is 0 Å². The van der Waals surface area contributed by atoms with Crippen LogP contribution in [0, 0.1) is 0 Å². The monoisotopic (exact) mass is 309 g/mol. The van der Waals surface area contributed by atoms with Gasteiger partial charge in [0.2, 0.25) is 13.1 Å². The zero-order valence-electron chi connectivity index (χ0n) is 11.0. The molecule has 11 heteroatoms. The third-order valence-electron chi connectivity index (χ3n) is 2.41. The zero-order chi connectivity index (χ0) is 16.6. The first-order valence-electron chi connectivity index (χ1n) is 5.72. The Hall–Kier alpha value is -2.24. The lowest BCUT2D eigenvalue weighted by Crippen LogP contribution is -2.55. The third kappa shape index (κ3) is 9.32. The van der Waals surface area contributed by atoms with Crippen LogP contribution in [0.25, 0.3) is 0 Å². The summed E-state index contributed by atoms with van der Waals surface area (Å²) >= 11 is 0. The van der Waals surface area contributed by atoms with Crippen molar-refractivity contribution in [2.45, 2.75) is 0 Å². The molecule has 21 heavy (non-hydrogen) atoms. The first-order valence-corrected chi connectivity index (χ1v) is 5.72. The highest BCUT2D eigenvalue weighted by Crippen LogP contribution is 2.03. The average molecular weight is 309 g/mol. The van der Waals surface area contributed by atoms with Gasteiger partial charge in [0.15, 0.2) is 0 Å². The Morgan fingerprint density at radius 1 is 0.762 bits per heavy atom. The minimum absolute atomic E-state index is 0.296. The van der Waals surface area contributed by atoms with Gasteiger partial charge in [-0.3, -0.25) is 14.5 Å². The van der Waals surface area contributed by atoms with Gasteiger partial charge in [0.05, 0.1) is 19.6 Å². The molecule has 11 nitrogen and oxygen atoms in total. The lowest BCUT2D eigenvalue weighted by Gasteiger charge is -2.29. The minimum atomic E-state index is -1.44. The number of nitrogens with zero attached hydrogens (tertiary/aromatic N) is 2. The Morgan fingerprint density at radius 2 is 1.14 bits per heavy atom. The van der Waals surface area contributed by atoms with Crippen LogP contribution in [0.2, 0.25) is 0 Å². The molecule has 0 spiro atoms. The SMILES string of the molecule is O=C(O)CN(CC[N+](O)(CC(=O)O)CC(=O)O)CC(=O)O. The molecule has 0 fully saturated rings. The first-order chi connectivity index (χ1) is 9.54. The van der Waals surface area contributed by atoms with Crippen molar-refractivity contribution in [1.29, 1.82) is 0 Å². The number of aliphatic carboxylic acids is 4. The molecule has 0 rings (SSSR count). The van der Waals surface area contributed by atoms with Crippen LogP contribution >= 0.6 is 0 Å². The van der Waals surface area contributed by atoms with E-state index < -0.39 is 61.2 Å². The Morgan fingerprint density at radius 3 is 1.43 bits per heavy atom. The maximum absolute atomic E-state index is 10.6. The summed E-state index contributed by atoms with van der Waals surface area (Å²) in [5.41, 5.74) is 0. The molecule has 0 unspecified atom stereocenters. The predicted molar refractivity (Wildman–Crippen MR) is 63.6 cm³/mol. The Balaban J connectivity index is 4.80. The highest BCUT2D eigenvalue weighted by Gasteiger charge is 2.33. The van der Waals surface area contributed by atoms with Crippen molar-refractivity contribution in [2.24, 2.45) is 0 Å². The molecule has 0 radical (unpaired) electrons. The lowest BCUT2D eigenvalue weighted by atomic mass is 10.3. The van der Waals surface area contributed by atoms with Gasteiger partial charge >= 0.3 is 23.9 Å². The van der Waals surface area contributed by atoms with Gasteiger partial charge in [0.25, 0.3) is 0 Å². The van der Waals surface area contributed by atoms with Crippen molar-refractivity contribution in [1.82, 2.24) is 4.90 Å². The molecule has 0 saturated heterocycles. The molecule has 0 atom stereocenters. The molecule has 0 aromatic rings. The molecule has 0 aromatic carbocycles. The first kappa shape index (κ1) is 18.8. The molecule has 0 aliphatic heterocycles. The second-order valence-electron chi connectivity index (χ2n) is 4.42. The van der Waals surface area contributed by atoms with Gasteiger partial charge in [-0.2, -0.15) is 4.65 Å². The molecule has 0 aromatic heterocycles. The molecule has 0 amide bonds. The highest BCUT2D eigenvalue weighted by molar-refractivity contribution is 5.72. The van der Waals surface area contributed by atoms with Gasteiger partial charge < -0.3 is 20.4 Å². The van der Waals surface area contributed by atoms with E-state index in [-0.39, 0.29) is 6.54 Å². The third-order valence-corrected chi connectivity index (χ3v) is 2.41. The summed E-state index contributed by atoms with van der Waals surface area (Å²) < 4.78 is -1.36. The Labute approximate surface area is 118 Å². The fourth-order valence-electron chi connectivity index (χ4n) is 1.64. The normalized spacial score (nSPS) is 11.3. The number of carboxylic acid groups (broad SMARTS) is 4. The summed E-state index contributed by atoms with van der Waals surface area (Å²) in [5.74, 6) is -5.49. The largest absolute Gasteiger partial charge is 0.480 e. The number of carboxylic acids is 4. The Bertz CT molecular complexity index is 391. The van der Waals surface area contributed by atoms with E-state index in [1.54, 1.807) is 0 Å². The summed E-state index contributed by atoms with van der Waals surface area (Å²) in [7, 11) is 0. The fourth-order valence-corrected chi connectivity index (χ4v) is 1.64. The molecular formula is C10H17N2O9+. The van der Waals surface area contributed by atoms with Crippen molar-refractivity contribution in [2.75, 3.05) is 39.3 Å². The van der Waals surface area contributed by atoms with Gasteiger partial charge in [-0.25, -0.2) is 14.8 Å². The van der Waals surface area contributed by atoms with Crippen LogP contribution in [0.4, 0.5) is 0 Å². The maximum atomic E-state index is 10.6. The smallest absolute Gasteiger partial charge is 0.362 e. The van der Waals surface area contributed by atoms with Gasteiger partial charge in [-0.05, 0) is 0 Å². The van der Waals surface area contributed by atoms with Crippen LogP contribution in [0.15, 0.2) is 0 Å². The van der Waals surface area contributed by atoms with Gasteiger partial charge in [-0.1, -0.05) is 0 Å². The summed E-state index contributed by atoms with van der Waals surface area (Å²) in [5, 5.41) is 44.5. The lowest BCUT2D eigenvalue weighted by molar-refractivity contribution is -1.09. The molecule has 0 heterocycles. The van der Waals surface area contributed by atoms with Crippen LogP contribution in [0.5, 0.6) is 0 Å². The van der Waals surface area contributed by atoms with E-state index in [0.29, 0.717) is 0 Å². The fraction of sp³-hybridized carbons (Fsp3) is 0.600. The number of rotatable bonds is 11. The van der Waals surface area contributed by atoms with Crippen molar-refractivity contribution >= 4 is 23.9 Å². The molecule has 5 N–H and O–H groups in total. The summed E-state index contributed by atoms with van der Waals surface area (Å²) in [6.45, 7) is -3.81. The van der Waals surface area contributed by atoms with E-state index in [2.05, 4.69) is 0 Å². The molecule has 0 aliphatic carbocycles. The van der Waals surface area contributed by atoms with Crippen molar-refractivity contribution in [3.63, 3.8) is 0 Å². The number of hydrogen-bond acceptors (Lipinski definition) is 6. The molecule has 120 valence electrons. The van der Waals surface area contributed by atoms with Crippen LogP contribution in [-0.2, 0) is 19.2 Å².